The molecule has 0 saturated heterocycles. The van der Waals surface area contributed by atoms with Gasteiger partial charge in [-0.1, -0.05) is 12.1 Å². The highest BCUT2D eigenvalue weighted by Gasteiger charge is 2.15. The van der Waals surface area contributed by atoms with Gasteiger partial charge in [0.1, 0.15) is 5.75 Å². The summed E-state index contributed by atoms with van der Waals surface area (Å²) in [5, 5.41) is 14.1. The molecule has 29 heavy (non-hydrogen) atoms. The summed E-state index contributed by atoms with van der Waals surface area (Å²) < 4.78 is 6.99. The molecule has 7 nitrogen and oxygen atoms in total. The van der Waals surface area contributed by atoms with Gasteiger partial charge in [0.25, 0.3) is 5.91 Å². The Balaban J connectivity index is 1.36. The maximum atomic E-state index is 12.6. The number of amides is 1. The fourth-order valence-corrected chi connectivity index (χ4v) is 3.09. The normalized spacial score (nSPS) is 10.7. The third kappa shape index (κ3) is 4.19. The van der Waals surface area contributed by atoms with E-state index in [-0.39, 0.29) is 5.91 Å². The van der Waals surface area contributed by atoms with E-state index in [1.165, 1.54) is 0 Å². The summed E-state index contributed by atoms with van der Waals surface area (Å²) >= 11 is 0. The summed E-state index contributed by atoms with van der Waals surface area (Å²) in [6.45, 7) is 0.535. The third-order valence-electron chi connectivity index (χ3n) is 4.67. The minimum absolute atomic E-state index is 0.155. The minimum atomic E-state index is -0.155. The number of nitrogens with one attached hydrogen (secondary N) is 2. The largest absolute Gasteiger partial charge is 0.497 e. The van der Waals surface area contributed by atoms with Gasteiger partial charge in [0.15, 0.2) is 0 Å². The van der Waals surface area contributed by atoms with Crippen molar-refractivity contribution < 1.29 is 9.53 Å². The maximum absolute atomic E-state index is 12.6. The Morgan fingerprint density at radius 2 is 1.93 bits per heavy atom. The number of aromatic nitrogens is 4. The fourth-order valence-electron chi connectivity index (χ4n) is 3.09. The van der Waals surface area contributed by atoms with Crippen molar-refractivity contribution in [3.63, 3.8) is 0 Å². The van der Waals surface area contributed by atoms with Crippen molar-refractivity contribution in [2.45, 2.75) is 6.42 Å². The first-order chi connectivity index (χ1) is 14.2. The summed E-state index contributed by atoms with van der Waals surface area (Å²) in [6, 6.07) is 17.5. The van der Waals surface area contributed by atoms with Crippen LogP contribution in [0.5, 0.6) is 5.75 Å². The average Bonchev–Trinajstić information content (AvgIpc) is 3.46. The van der Waals surface area contributed by atoms with Crippen LogP contribution in [0, 0.1) is 0 Å². The first-order valence-electron chi connectivity index (χ1n) is 9.29. The smallest absolute Gasteiger partial charge is 0.255 e. The number of ether oxygens (including phenoxy) is 1. The molecule has 2 heterocycles. The molecule has 0 unspecified atom stereocenters. The topological polar surface area (TPSA) is 84.8 Å². The molecule has 4 rings (SSSR count). The Morgan fingerprint density at radius 3 is 2.62 bits per heavy atom. The van der Waals surface area contributed by atoms with Crippen LogP contribution in [0.15, 0.2) is 73.2 Å². The van der Waals surface area contributed by atoms with Crippen molar-refractivity contribution in [1.82, 2.24) is 25.3 Å². The molecule has 2 aromatic carbocycles. The Labute approximate surface area is 168 Å². The number of nitrogens with zero attached hydrogens (tertiary/aromatic N) is 3. The Hall–Kier alpha value is -3.87. The molecule has 0 aliphatic carbocycles. The van der Waals surface area contributed by atoms with Crippen LogP contribution in [0.4, 0.5) is 0 Å². The van der Waals surface area contributed by atoms with E-state index in [2.05, 4.69) is 20.6 Å². The van der Waals surface area contributed by atoms with Crippen LogP contribution >= 0.6 is 0 Å². The molecule has 0 saturated carbocycles. The molecular formula is C22H21N5O2. The lowest BCUT2D eigenvalue weighted by atomic mass is 10.1. The van der Waals surface area contributed by atoms with Gasteiger partial charge in [0.2, 0.25) is 0 Å². The van der Waals surface area contributed by atoms with Gasteiger partial charge in [-0.3, -0.25) is 9.89 Å². The number of carbonyl (C=O) groups excluding carboxylic acids is 1. The van der Waals surface area contributed by atoms with Crippen LogP contribution in [-0.2, 0) is 6.42 Å². The fraction of sp³-hybridized carbons (Fsp3) is 0.136. The van der Waals surface area contributed by atoms with Gasteiger partial charge < -0.3 is 10.1 Å². The van der Waals surface area contributed by atoms with Gasteiger partial charge in [-0.2, -0.15) is 10.2 Å². The number of hydrogen-bond donors (Lipinski definition) is 2. The van der Waals surface area contributed by atoms with Crippen LogP contribution in [0.3, 0.4) is 0 Å². The zero-order valence-electron chi connectivity index (χ0n) is 16.0. The molecule has 0 aliphatic rings. The summed E-state index contributed by atoms with van der Waals surface area (Å²) in [4.78, 5) is 12.6. The number of hydrogen-bond acceptors (Lipinski definition) is 4. The zero-order valence-corrected chi connectivity index (χ0v) is 16.0. The second kappa shape index (κ2) is 8.43. The summed E-state index contributed by atoms with van der Waals surface area (Å²) in [5.41, 5.74) is 4.23. The molecule has 2 aromatic heterocycles. The van der Waals surface area contributed by atoms with Crippen molar-refractivity contribution in [3.8, 4) is 22.7 Å². The lowest BCUT2D eigenvalue weighted by Gasteiger charge is -2.08. The number of methoxy groups -OCH3 is 1. The van der Waals surface area contributed by atoms with Crippen LogP contribution < -0.4 is 10.1 Å². The van der Waals surface area contributed by atoms with Gasteiger partial charge in [-0.25, -0.2) is 4.68 Å². The van der Waals surface area contributed by atoms with E-state index in [0.717, 1.165) is 29.0 Å². The van der Waals surface area contributed by atoms with Gasteiger partial charge in [0, 0.05) is 24.5 Å². The molecule has 4 aromatic rings. The minimum Gasteiger partial charge on any atom is -0.497 e. The second-order valence-corrected chi connectivity index (χ2v) is 6.51. The third-order valence-corrected chi connectivity index (χ3v) is 4.67. The predicted octanol–water partition coefficient (Wildman–Crippen LogP) is 3.24. The first kappa shape index (κ1) is 18.5. The van der Waals surface area contributed by atoms with Crippen LogP contribution in [0.2, 0.25) is 0 Å². The molecule has 0 aliphatic heterocycles. The molecular weight excluding hydrogens is 366 g/mol. The Morgan fingerprint density at radius 1 is 1.14 bits per heavy atom. The molecule has 7 heteroatoms. The number of rotatable bonds is 7. The molecule has 0 spiro atoms. The first-order valence-corrected chi connectivity index (χ1v) is 9.29. The maximum Gasteiger partial charge on any atom is 0.255 e. The van der Waals surface area contributed by atoms with Gasteiger partial charge >= 0.3 is 0 Å². The Bertz CT molecular complexity index is 1070. The van der Waals surface area contributed by atoms with E-state index in [1.807, 2.05) is 65.5 Å². The SMILES string of the molecule is COc1ccc(-c2[nH]ncc2C(=O)NCCc2ccc(-n3cccn3)cc2)cc1. The molecule has 146 valence electrons. The second-order valence-electron chi connectivity index (χ2n) is 6.51. The number of carbonyl (C=O) groups is 1. The molecule has 2 N–H and O–H groups in total. The molecule has 1 amide bonds. The van der Waals surface area contributed by atoms with Crippen molar-refractivity contribution in [3.05, 3.63) is 84.3 Å². The van der Waals surface area contributed by atoms with Crippen molar-refractivity contribution >= 4 is 5.91 Å². The van der Waals surface area contributed by atoms with Crippen LogP contribution in [-0.4, -0.2) is 39.5 Å². The zero-order chi connectivity index (χ0) is 20.1. The van der Waals surface area contributed by atoms with Crippen molar-refractivity contribution in [2.24, 2.45) is 0 Å². The van der Waals surface area contributed by atoms with E-state index in [1.54, 1.807) is 19.5 Å². The van der Waals surface area contributed by atoms with Crippen LogP contribution in [0.1, 0.15) is 15.9 Å². The summed E-state index contributed by atoms with van der Waals surface area (Å²) in [5.74, 6) is 0.607. The number of benzene rings is 2. The van der Waals surface area contributed by atoms with E-state index >= 15 is 0 Å². The quantitative estimate of drug-likeness (QED) is 0.510. The Kier molecular flexibility index (Phi) is 5.38. The van der Waals surface area contributed by atoms with E-state index in [4.69, 9.17) is 4.74 Å². The highest BCUT2D eigenvalue weighted by molar-refractivity contribution is 5.99. The van der Waals surface area contributed by atoms with Gasteiger partial charge in [-0.05, 0) is 54.4 Å². The number of H-pyrrole nitrogens is 1. The molecule has 0 radical (unpaired) electrons. The lowest BCUT2D eigenvalue weighted by Crippen LogP contribution is -2.25. The van der Waals surface area contributed by atoms with Gasteiger partial charge in [-0.15, -0.1) is 0 Å². The van der Waals surface area contributed by atoms with E-state index in [9.17, 15) is 4.79 Å². The standard InChI is InChI=1S/C22H21N5O2/c1-29-19-9-5-17(6-10-19)21-20(15-24-26-21)22(28)23-13-11-16-3-7-18(8-4-16)27-14-2-12-25-27/h2-10,12,14-15H,11,13H2,1H3,(H,23,28)(H,24,26). The van der Waals surface area contributed by atoms with Gasteiger partial charge in [0.05, 0.1) is 30.3 Å². The molecule has 0 atom stereocenters. The van der Waals surface area contributed by atoms with Crippen molar-refractivity contribution in [2.75, 3.05) is 13.7 Å². The van der Waals surface area contributed by atoms with Crippen molar-refractivity contribution in [1.29, 1.82) is 0 Å². The van der Waals surface area contributed by atoms with Crippen LogP contribution in [0.25, 0.3) is 16.9 Å². The highest BCUT2D eigenvalue weighted by atomic mass is 16.5. The summed E-state index contributed by atoms with van der Waals surface area (Å²) in [7, 11) is 1.62. The lowest BCUT2D eigenvalue weighted by molar-refractivity contribution is 0.0955. The monoisotopic (exact) mass is 387 g/mol. The molecule has 0 fully saturated rings. The molecule has 0 bridgehead atoms. The predicted molar refractivity (Wildman–Crippen MR) is 110 cm³/mol. The van der Waals surface area contributed by atoms with E-state index < -0.39 is 0 Å². The average molecular weight is 387 g/mol. The number of aromatic amines is 1. The van der Waals surface area contributed by atoms with E-state index in [0.29, 0.717) is 17.8 Å². The highest BCUT2D eigenvalue weighted by Crippen LogP contribution is 2.23. The summed E-state index contributed by atoms with van der Waals surface area (Å²) in [6.07, 6.45) is 5.94.